The summed E-state index contributed by atoms with van der Waals surface area (Å²) in [6.07, 6.45) is -5.72. The largest absolute Gasteiger partial charge is 0.416 e. The van der Waals surface area contributed by atoms with Gasteiger partial charge in [-0.1, -0.05) is 0 Å². The first-order valence-corrected chi connectivity index (χ1v) is 4.60. The van der Waals surface area contributed by atoms with Crippen molar-refractivity contribution in [3.63, 3.8) is 0 Å². The molecule has 1 atom stereocenters. The van der Waals surface area contributed by atoms with Gasteiger partial charge < -0.3 is 10.8 Å². The number of hydrogen-bond acceptors (Lipinski definition) is 2. The molecule has 0 amide bonds. The van der Waals surface area contributed by atoms with E-state index in [1.54, 1.807) is 0 Å². The van der Waals surface area contributed by atoms with Gasteiger partial charge in [0.05, 0.1) is 11.7 Å². The normalized spacial score (nSPS) is 13.9. The van der Waals surface area contributed by atoms with Crippen LogP contribution in [-0.4, -0.2) is 11.7 Å². The highest BCUT2D eigenvalue weighted by molar-refractivity contribution is 5.28. The maximum absolute atomic E-state index is 12.9. The Hall–Kier alpha value is -1.14. The van der Waals surface area contributed by atoms with Crippen LogP contribution in [0.1, 0.15) is 23.7 Å². The molecule has 1 aromatic carbocycles. The van der Waals surface area contributed by atoms with E-state index < -0.39 is 23.7 Å². The number of aliphatic hydroxyl groups is 1. The van der Waals surface area contributed by atoms with E-state index in [4.69, 9.17) is 5.73 Å². The monoisotopic (exact) mass is 237 g/mol. The zero-order valence-corrected chi connectivity index (χ0v) is 8.26. The van der Waals surface area contributed by atoms with E-state index in [0.717, 1.165) is 12.1 Å². The van der Waals surface area contributed by atoms with Gasteiger partial charge in [-0.15, -0.1) is 0 Å². The molecule has 90 valence electrons. The molecule has 3 N–H and O–H groups in total. The van der Waals surface area contributed by atoms with Crippen LogP contribution in [0.3, 0.4) is 0 Å². The molecule has 0 fully saturated rings. The van der Waals surface area contributed by atoms with Crippen molar-refractivity contribution < 1.29 is 22.7 Å². The van der Waals surface area contributed by atoms with Gasteiger partial charge in [-0.05, 0) is 36.7 Å². The van der Waals surface area contributed by atoms with Gasteiger partial charge in [0.15, 0.2) is 0 Å². The van der Waals surface area contributed by atoms with E-state index in [0.29, 0.717) is 6.07 Å². The summed E-state index contributed by atoms with van der Waals surface area (Å²) in [4.78, 5) is 0. The van der Waals surface area contributed by atoms with Crippen molar-refractivity contribution in [1.82, 2.24) is 0 Å². The maximum atomic E-state index is 12.9. The van der Waals surface area contributed by atoms with Gasteiger partial charge in [-0.25, -0.2) is 4.39 Å². The van der Waals surface area contributed by atoms with E-state index in [2.05, 4.69) is 0 Å². The smallest absolute Gasteiger partial charge is 0.388 e. The van der Waals surface area contributed by atoms with Crippen LogP contribution in [0.25, 0.3) is 0 Å². The topological polar surface area (TPSA) is 46.2 Å². The SMILES string of the molecule is NCC[C@@H](O)c1cc(F)cc(C(F)(F)F)c1. The molecule has 6 heteroatoms. The Bertz CT molecular complexity index is 364. The molecule has 16 heavy (non-hydrogen) atoms. The van der Waals surface area contributed by atoms with E-state index in [9.17, 15) is 22.7 Å². The van der Waals surface area contributed by atoms with Gasteiger partial charge in [0.2, 0.25) is 0 Å². The molecule has 0 heterocycles. The Morgan fingerprint density at radius 3 is 2.38 bits per heavy atom. The van der Waals surface area contributed by atoms with Crippen molar-refractivity contribution in [3.8, 4) is 0 Å². The molecule has 0 aromatic heterocycles. The summed E-state index contributed by atoms with van der Waals surface area (Å²) in [7, 11) is 0. The molecule has 0 spiro atoms. The molecule has 0 aliphatic carbocycles. The lowest BCUT2D eigenvalue weighted by molar-refractivity contribution is -0.137. The lowest BCUT2D eigenvalue weighted by Crippen LogP contribution is -2.10. The zero-order chi connectivity index (χ0) is 12.3. The van der Waals surface area contributed by atoms with Gasteiger partial charge in [0, 0.05) is 0 Å². The highest BCUT2D eigenvalue weighted by Crippen LogP contribution is 2.32. The van der Waals surface area contributed by atoms with Crippen molar-refractivity contribution in [1.29, 1.82) is 0 Å². The second-order valence-corrected chi connectivity index (χ2v) is 3.36. The Balaban J connectivity index is 3.08. The summed E-state index contributed by atoms with van der Waals surface area (Å²) in [6, 6.07) is 1.98. The quantitative estimate of drug-likeness (QED) is 0.792. The lowest BCUT2D eigenvalue weighted by Gasteiger charge is -2.13. The molecule has 0 aliphatic heterocycles. The van der Waals surface area contributed by atoms with Crippen LogP contribution in [0.4, 0.5) is 17.6 Å². The van der Waals surface area contributed by atoms with E-state index >= 15 is 0 Å². The molecule has 1 aromatic rings. The summed E-state index contributed by atoms with van der Waals surface area (Å²) in [5.74, 6) is -1.03. The minimum atomic E-state index is -4.63. The summed E-state index contributed by atoms with van der Waals surface area (Å²) < 4.78 is 49.9. The Morgan fingerprint density at radius 2 is 1.88 bits per heavy atom. The third kappa shape index (κ3) is 3.18. The van der Waals surface area contributed by atoms with E-state index in [1.807, 2.05) is 0 Å². The van der Waals surface area contributed by atoms with Gasteiger partial charge in [0.25, 0.3) is 0 Å². The summed E-state index contributed by atoms with van der Waals surface area (Å²) in [6.45, 7) is 0.110. The fourth-order valence-corrected chi connectivity index (χ4v) is 1.29. The van der Waals surface area contributed by atoms with Gasteiger partial charge in [-0.3, -0.25) is 0 Å². The molecule has 0 saturated carbocycles. The minimum Gasteiger partial charge on any atom is -0.388 e. The fraction of sp³-hybridized carbons (Fsp3) is 0.400. The molecule has 0 aliphatic rings. The Morgan fingerprint density at radius 1 is 1.25 bits per heavy atom. The van der Waals surface area contributed by atoms with E-state index in [-0.39, 0.29) is 18.5 Å². The molecule has 0 saturated heterocycles. The van der Waals surface area contributed by atoms with Crippen LogP contribution >= 0.6 is 0 Å². The second kappa shape index (κ2) is 4.80. The number of halogens is 4. The number of alkyl halides is 3. The average molecular weight is 237 g/mol. The predicted molar refractivity (Wildman–Crippen MR) is 50.0 cm³/mol. The van der Waals surface area contributed by atoms with Crippen LogP contribution in [0.2, 0.25) is 0 Å². The van der Waals surface area contributed by atoms with Crippen molar-refractivity contribution in [2.75, 3.05) is 6.54 Å². The van der Waals surface area contributed by atoms with Crippen LogP contribution < -0.4 is 5.73 Å². The third-order valence-corrected chi connectivity index (χ3v) is 2.07. The molecule has 0 bridgehead atoms. The van der Waals surface area contributed by atoms with Gasteiger partial charge in [0.1, 0.15) is 5.82 Å². The molecular weight excluding hydrogens is 226 g/mol. The zero-order valence-electron chi connectivity index (χ0n) is 8.26. The first kappa shape index (κ1) is 12.9. The summed E-state index contributed by atoms with van der Waals surface area (Å²) >= 11 is 0. The predicted octanol–water partition coefficient (Wildman–Crippen LogP) is 2.23. The summed E-state index contributed by atoms with van der Waals surface area (Å²) in [5, 5.41) is 9.42. The molecule has 1 rings (SSSR count). The maximum Gasteiger partial charge on any atom is 0.416 e. The van der Waals surface area contributed by atoms with Crippen molar-refractivity contribution >= 4 is 0 Å². The van der Waals surface area contributed by atoms with Crippen LogP contribution in [0.5, 0.6) is 0 Å². The second-order valence-electron chi connectivity index (χ2n) is 3.36. The molecule has 2 nitrogen and oxygen atoms in total. The standard InChI is InChI=1S/C10H11F4NO/c11-8-4-6(9(16)1-2-15)3-7(5-8)10(12,13)14/h3-5,9,16H,1-2,15H2/t9-/m1/s1. The highest BCUT2D eigenvalue weighted by atomic mass is 19.4. The average Bonchev–Trinajstić information content (AvgIpc) is 2.16. The van der Waals surface area contributed by atoms with Crippen molar-refractivity contribution in [3.05, 3.63) is 35.1 Å². The number of aliphatic hydroxyl groups excluding tert-OH is 1. The molecule has 0 radical (unpaired) electrons. The first-order chi connectivity index (χ1) is 7.34. The number of hydrogen-bond donors (Lipinski definition) is 2. The van der Waals surface area contributed by atoms with Gasteiger partial charge in [-0.2, -0.15) is 13.2 Å². The number of benzene rings is 1. The van der Waals surface area contributed by atoms with Crippen LogP contribution in [-0.2, 0) is 6.18 Å². The number of rotatable bonds is 3. The van der Waals surface area contributed by atoms with Crippen LogP contribution in [0, 0.1) is 5.82 Å². The van der Waals surface area contributed by atoms with Gasteiger partial charge >= 0.3 is 6.18 Å². The van der Waals surface area contributed by atoms with Crippen molar-refractivity contribution in [2.45, 2.75) is 18.7 Å². The Kier molecular flexibility index (Phi) is 3.88. The third-order valence-electron chi connectivity index (χ3n) is 2.07. The highest BCUT2D eigenvalue weighted by Gasteiger charge is 2.31. The Labute approximate surface area is 89.7 Å². The number of nitrogens with two attached hydrogens (primary N) is 1. The first-order valence-electron chi connectivity index (χ1n) is 4.60. The minimum absolute atomic E-state index is 0.0841. The fourth-order valence-electron chi connectivity index (χ4n) is 1.29. The molecule has 0 unspecified atom stereocenters. The van der Waals surface area contributed by atoms with Crippen LogP contribution in [0.15, 0.2) is 18.2 Å². The van der Waals surface area contributed by atoms with Crippen molar-refractivity contribution in [2.24, 2.45) is 5.73 Å². The summed E-state index contributed by atoms with van der Waals surface area (Å²) in [5.41, 5.74) is 3.93. The lowest BCUT2D eigenvalue weighted by atomic mass is 10.0. The van der Waals surface area contributed by atoms with E-state index in [1.165, 1.54) is 0 Å². The molecular formula is C10H11F4NO.